The van der Waals surface area contributed by atoms with Crippen LogP contribution in [0.15, 0.2) is 24.3 Å². The molecule has 5 heteroatoms. The Balaban J connectivity index is 1.50. The molecule has 3 unspecified atom stereocenters. The number of rotatable bonds is 6. The number of aryl methyl sites for hydroxylation is 1. The molecule has 0 bridgehead atoms. The van der Waals surface area contributed by atoms with E-state index >= 15 is 0 Å². The first-order valence-electron chi connectivity index (χ1n) is 9.00. The third-order valence-electron chi connectivity index (χ3n) is 5.13. The number of β-amino-alcohol motifs (C(OH)–C–C–N with tert-alkyl or cyclic N) is 1. The third-order valence-corrected chi connectivity index (χ3v) is 5.13. The van der Waals surface area contributed by atoms with E-state index in [1.165, 1.54) is 12.0 Å². The van der Waals surface area contributed by atoms with Crippen LogP contribution in [0.5, 0.6) is 5.75 Å². The molecule has 2 fully saturated rings. The third kappa shape index (κ3) is 4.48. The Kier molecular flexibility index (Phi) is 5.74. The minimum absolute atomic E-state index is 0.161. The van der Waals surface area contributed by atoms with E-state index in [9.17, 15) is 9.90 Å². The van der Waals surface area contributed by atoms with Crippen LogP contribution in [0.2, 0.25) is 0 Å². The quantitative estimate of drug-likeness (QED) is 0.833. The van der Waals surface area contributed by atoms with Crippen LogP contribution in [-0.4, -0.2) is 54.3 Å². The van der Waals surface area contributed by atoms with Gasteiger partial charge in [-0.1, -0.05) is 24.1 Å². The fourth-order valence-electron chi connectivity index (χ4n) is 3.83. The molecule has 3 atom stereocenters. The van der Waals surface area contributed by atoms with Crippen molar-refractivity contribution in [2.45, 2.75) is 44.8 Å². The Morgan fingerprint density at radius 1 is 1.33 bits per heavy atom. The van der Waals surface area contributed by atoms with E-state index in [0.717, 1.165) is 31.7 Å². The molecule has 24 heavy (non-hydrogen) atoms. The van der Waals surface area contributed by atoms with Gasteiger partial charge in [0.15, 0.2) is 0 Å². The van der Waals surface area contributed by atoms with E-state index in [1.807, 2.05) is 31.2 Å². The molecular formula is C19H28N2O3. The highest BCUT2D eigenvalue weighted by molar-refractivity contribution is 5.78. The Bertz CT molecular complexity index is 546. The first kappa shape index (κ1) is 17.2. The van der Waals surface area contributed by atoms with Gasteiger partial charge in [0, 0.05) is 31.5 Å². The zero-order valence-corrected chi connectivity index (χ0v) is 14.4. The maximum Gasteiger partial charge on any atom is 0.220 e. The van der Waals surface area contributed by atoms with Crippen molar-refractivity contribution in [1.29, 1.82) is 0 Å². The number of amides is 1. The van der Waals surface area contributed by atoms with Gasteiger partial charge in [0.1, 0.15) is 18.5 Å². The van der Waals surface area contributed by atoms with Crippen molar-refractivity contribution in [3.63, 3.8) is 0 Å². The number of nitrogens with one attached hydrogen (secondary N) is 1. The number of likely N-dealkylation sites (tertiary alicyclic amines) is 1. The number of ether oxygens (including phenoxy) is 1. The lowest BCUT2D eigenvalue weighted by atomic mass is 9.89. The SMILES string of the molecule is Cc1ccc(OCC(O)CN2CCCCC2C2CNC(=O)C2)cc1. The molecule has 2 aliphatic heterocycles. The van der Waals surface area contributed by atoms with Crippen LogP contribution < -0.4 is 10.1 Å². The molecule has 1 amide bonds. The second kappa shape index (κ2) is 7.99. The van der Waals surface area contributed by atoms with Gasteiger partial charge in [-0.2, -0.15) is 0 Å². The molecule has 0 aromatic heterocycles. The average Bonchev–Trinajstić information content (AvgIpc) is 3.01. The number of aliphatic hydroxyl groups excluding tert-OH is 1. The summed E-state index contributed by atoms with van der Waals surface area (Å²) in [6.07, 6.45) is 3.59. The number of carbonyl (C=O) groups excluding carboxylic acids is 1. The normalized spacial score (nSPS) is 26.2. The number of hydrogen-bond acceptors (Lipinski definition) is 4. The fraction of sp³-hybridized carbons (Fsp3) is 0.632. The first-order chi connectivity index (χ1) is 11.6. The summed E-state index contributed by atoms with van der Waals surface area (Å²) in [5.74, 6) is 1.33. The van der Waals surface area contributed by atoms with Crippen molar-refractivity contribution in [1.82, 2.24) is 10.2 Å². The van der Waals surface area contributed by atoms with Crippen molar-refractivity contribution in [3.8, 4) is 5.75 Å². The Labute approximate surface area is 144 Å². The number of piperidine rings is 1. The van der Waals surface area contributed by atoms with Gasteiger partial charge in [-0.25, -0.2) is 0 Å². The molecule has 0 spiro atoms. The summed E-state index contributed by atoms with van der Waals surface area (Å²) in [4.78, 5) is 13.9. The average molecular weight is 332 g/mol. The van der Waals surface area contributed by atoms with Crippen LogP contribution in [0.1, 0.15) is 31.2 Å². The highest BCUT2D eigenvalue weighted by Gasteiger charge is 2.35. The zero-order valence-electron chi connectivity index (χ0n) is 14.4. The van der Waals surface area contributed by atoms with Crippen LogP contribution in [0.4, 0.5) is 0 Å². The van der Waals surface area contributed by atoms with Crippen LogP contribution in [0.25, 0.3) is 0 Å². The summed E-state index contributed by atoms with van der Waals surface area (Å²) in [6, 6.07) is 8.27. The Morgan fingerprint density at radius 2 is 2.12 bits per heavy atom. The van der Waals surface area contributed by atoms with Gasteiger partial charge in [-0.05, 0) is 38.4 Å². The van der Waals surface area contributed by atoms with E-state index in [4.69, 9.17) is 4.74 Å². The van der Waals surface area contributed by atoms with E-state index in [1.54, 1.807) is 0 Å². The molecule has 2 saturated heterocycles. The molecule has 132 valence electrons. The Morgan fingerprint density at radius 3 is 2.83 bits per heavy atom. The minimum Gasteiger partial charge on any atom is -0.491 e. The molecule has 0 radical (unpaired) electrons. The van der Waals surface area contributed by atoms with Crippen molar-refractivity contribution < 1.29 is 14.6 Å². The van der Waals surface area contributed by atoms with Crippen molar-refractivity contribution in [2.24, 2.45) is 5.92 Å². The van der Waals surface area contributed by atoms with Gasteiger partial charge in [0.25, 0.3) is 0 Å². The number of hydrogen-bond donors (Lipinski definition) is 2. The fourth-order valence-corrected chi connectivity index (χ4v) is 3.83. The lowest BCUT2D eigenvalue weighted by Gasteiger charge is -2.39. The molecule has 1 aromatic carbocycles. The summed E-state index contributed by atoms with van der Waals surface area (Å²) in [6.45, 7) is 4.72. The lowest BCUT2D eigenvalue weighted by molar-refractivity contribution is -0.119. The molecule has 0 aliphatic carbocycles. The predicted molar refractivity (Wildman–Crippen MR) is 93.0 cm³/mol. The smallest absolute Gasteiger partial charge is 0.220 e. The van der Waals surface area contributed by atoms with E-state index < -0.39 is 6.10 Å². The molecule has 1 aromatic rings. The van der Waals surface area contributed by atoms with Gasteiger partial charge < -0.3 is 15.2 Å². The van der Waals surface area contributed by atoms with Crippen LogP contribution >= 0.6 is 0 Å². The first-order valence-corrected chi connectivity index (χ1v) is 9.00. The number of nitrogens with zero attached hydrogens (tertiary/aromatic N) is 1. The van der Waals surface area contributed by atoms with E-state index in [-0.39, 0.29) is 5.91 Å². The molecule has 0 saturated carbocycles. The van der Waals surface area contributed by atoms with Gasteiger partial charge >= 0.3 is 0 Å². The summed E-state index contributed by atoms with van der Waals surface area (Å²) in [5, 5.41) is 13.3. The van der Waals surface area contributed by atoms with Crippen molar-refractivity contribution >= 4 is 5.91 Å². The number of benzene rings is 1. The highest BCUT2D eigenvalue weighted by Crippen LogP contribution is 2.27. The Hall–Kier alpha value is -1.59. The molecule has 5 nitrogen and oxygen atoms in total. The molecule has 3 rings (SSSR count). The zero-order chi connectivity index (χ0) is 16.9. The van der Waals surface area contributed by atoms with Gasteiger partial charge in [-0.15, -0.1) is 0 Å². The second-order valence-electron chi connectivity index (χ2n) is 7.10. The topological polar surface area (TPSA) is 61.8 Å². The highest BCUT2D eigenvalue weighted by atomic mass is 16.5. The van der Waals surface area contributed by atoms with Crippen LogP contribution in [0, 0.1) is 12.8 Å². The van der Waals surface area contributed by atoms with Crippen molar-refractivity contribution in [2.75, 3.05) is 26.2 Å². The van der Waals surface area contributed by atoms with Gasteiger partial charge in [-0.3, -0.25) is 9.69 Å². The largest absolute Gasteiger partial charge is 0.491 e. The summed E-state index contributed by atoms with van der Waals surface area (Å²) in [7, 11) is 0. The van der Waals surface area contributed by atoms with Crippen LogP contribution in [0.3, 0.4) is 0 Å². The maximum absolute atomic E-state index is 11.5. The van der Waals surface area contributed by atoms with E-state index in [2.05, 4.69) is 10.2 Å². The molecular weight excluding hydrogens is 304 g/mol. The number of aliphatic hydroxyl groups is 1. The van der Waals surface area contributed by atoms with Gasteiger partial charge in [0.05, 0.1) is 0 Å². The maximum atomic E-state index is 11.5. The minimum atomic E-state index is -0.517. The predicted octanol–water partition coefficient (Wildman–Crippen LogP) is 1.73. The van der Waals surface area contributed by atoms with Crippen LogP contribution in [-0.2, 0) is 4.79 Å². The lowest BCUT2D eigenvalue weighted by Crippen LogP contribution is -2.48. The van der Waals surface area contributed by atoms with Crippen molar-refractivity contribution in [3.05, 3.63) is 29.8 Å². The standard InChI is InChI=1S/C19H28N2O3/c1-14-5-7-17(8-6-14)24-13-16(22)12-21-9-3-2-4-18(21)15-10-19(23)20-11-15/h5-8,15-16,18,22H,2-4,9-13H2,1H3,(H,20,23). The summed E-state index contributed by atoms with van der Waals surface area (Å²) >= 11 is 0. The van der Waals surface area contributed by atoms with E-state index in [0.29, 0.717) is 31.5 Å². The second-order valence-corrected chi connectivity index (χ2v) is 7.10. The summed E-state index contributed by atoms with van der Waals surface area (Å²) in [5.41, 5.74) is 1.19. The van der Waals surface area contributed by atoms with Gasteiger partial charge in [0.2, 0.25) is 5.91 Å². The molecule has 2 heterocycles. The molecule has 2 aliphatic rings. The summed E-state index contributed by atoms with van der Waals surface area (Å²) < 4.78 is 5.70. The monoisotopic (exact) mass is 332 g/mol. The molecule has 2 N–H and O–H groups in total. The number of carbonyl (C=O) groups is 1.